The predicted molar refractivity (Wildman–Crippen MR) is 95.9 cm³/mol. The number of aliphatic carboxylic acids is 1. The molecule has 1 unspecified atom stereocenters. The Bertz CT molecular complexity index is 800. The fraction of sp³-hybridized carbons (Fsp3) is 0.300. The largest absolute Gasteiger partial charge is 0.479 e. The molecule has 0 radical (unpaired) electrons. The highest BCUT2D eigenvalue weighted by Crippen LogP contribution is 2.44. The van der Waals surface area contributed by atoms with E-state index in [9.17, 15) is 14.7 Å². The number of amides is 1. The minimum atomic E-state index is -1.73. The Morgan fingerprint density at radius 1 is 1.08 bits per heavy atom. The van der Waals surface area contributed by atoms with Crippen molar-refractivity contribution in [1.29, 1.82) is 0 Å². The van der Waals surface area contributed by atoms with E-state index in [-0.39, 0.29) is 12.5 Å². The Morgan fingerprint density at radius 2 is 1.58 bits per heavy atom. The monoisotopic (exact) mass is 355 g/mol. The number of aliphatic hydroxyl groups is 1. The minimum Gasteiger partial charge on any atom is -0.479 e. The molecular weight excluding hydrogens is 334 g/mol. The maximum absolute atomic E-state index is 12.1. The molecule has 3 rings (SSSR count). The van der Waals surface area contributed by atoms with Crippen molar-refractivity contribution >= 4 is 12.1 Å². The average molecular weight is 355 g/mol. The van der Waals surface area contributed by atoms with Gasteiger partial charge in [0.2, 0.25) is 0 Å². The topological polar surface area (TPSA) is 95.9 Å². The first-order valence-corrected chi connectivity index (χ1v) is 8.35. The van der Waals surface area contributed by atoms with Crippen molar-refractivity contribution in [2.75, 3.05) is 6.61 Å². The van der Waals surface area contributed by atoms with E-state index in [0.29, 0.717) is 0 Å². The highest BCUT2D eigenvalue weighted by atomic mass is 16.5. The predicted octanol–water partition coefficient (Wildman–Crippen LogP) is 2.75. The highest BCUT2D eigenvalue weighted by Gasteiger charge is 2.36. The number of ether oxygens (including phenoxy) is 1. The number of carbonyl (C=O) groups is 2. The molecule has 0 bridgehead atoms. The van der Waals surface area contributed by atoms with Gasteiger partial charge in [0.05, 0.1) is 5.54 Å². The number of carboxylic acid groups (broad SMARTS) is 1. The molecule has 0 heterocycles. The summed E-state index contributed by atoms with van der Waals surface area (Å²) in [5.41, 5.74) is 3.07. The van der Waals surface area contributed by atoms with Gasteiger partial charge >= 0.3 is 12.1 Å². The van der Waals surface area contributed by atoms with Crippen LogP contribution in [0, 0.1) is 0 Å². The van der Waals surface area contributed by atoms with Crippen molar-refractivity contribution in [3.63, 3.8) is 0 Å². The SMILES string of the molecule is CC(C)(NC(=O)OCC1c2ccccc2-c2ccccc21)C(O)C(=O)O. The molecule has 0 aromatic heterocycles. The first-order chi connectivity index (χ1) is 12.3. The second kappa shape index (κ2) is 6.80. The second-order valence-electron chi connectivity index (χ2n) is 6.91. The maximum atomic E-state index is 12.1. The van der Waals surface area contributed by atoms with Crippen LogP contribution >= 0.6 is 0 Å². The lowest BCUT2D eigenvalue weighted by Gasteiger charge is -2.28. The van der Waals surface area contributed by atoms with Gasteiger partial charge in [-0.1, -0.05) is 48.5 Å². The van der Waals surface area contributed by atoms with Gasteiger partial charge in [0.25, 0.3) is 0 Å². The fourth-order valence-electron chi connectivity index (χ4n) is 3.27. The van der Waals surface area contributed by atoms with Gasteiger partial charge in [0, 0.05) is 5.92 Å². The molecular formula is C20H21NO5. The fourth-order valence-corrected chi connectivity index (χ4v) is 3.27. The lowest BCUT2D eigenvalue weighted by atomic mass is 9.97. The number of aliphatic hydroxyl groups excluding tert-OH is 1. The number of alkyl carbamates (subject to hydrolysis) is 1. The molecule has 1 aliphatic rings. The van der Waals surface area contributed by atoms with Crippen LogP contribution in [0.2, 0.25) is 0 Å². The molecule has 2 aromatic carbocycles. The third kappa shape index (κ3) is 3.28. The summed E-state index contributed by atoms with van der Waals surface area (Å²) in [7, 11) is 0. The Labute approximate surface area is 151 Å². The van der Waals surface area contributed by atoms with Crippen LogP contribution in [0.15, 0.2) is 48.5 Å². The Balaban J connectivity index is 1.72. The molecule has 6 heteroatoms. The summed E-state index contributed by atoms with van der Waals surface area (Å²) in [4.78, 5) is 23.1. The molecule has 26 heavy (non-hydrogen) atoms. The van der Waals surface area contributed by atoms with Gasteiger partial charge in [-0.3, -0.25) is 0 Å². The van der Waals surface area contributed by atoms with Gasteiger partial charge in [-0.25, -0.2) is 9.59 Å². The zero-order valence-corrected chi connectivity index (χ0v) is 14.6. The van der Waals surface area contributed by atoms with Gasteiger partial charge < -0.3 is 20.3 Å². The standard InChI is InChI=1S/C20H21NO5/c1-20(2,17(22)18(23)24)21-19(25)26-11-16-14-9-5-3-7-12(14)13-8-4-6-10-15(13)16/h3-10,16-17,22H,11H2,1-2H3,(H,21,25)(H,23,24). The Kier molecular flexibility index (Phi) is 4.70. The van der Waals surface area contributed by atoms with E-state index in [1.54, 1.807) is 0 Å². The molecule has 0 saturated carbocycles. The van der Waals surface area contributed by atoms with E-state index in [1.165, 1.54) is 13.8 Å². The molecule has 0 aliphatic heterocycles. The molecule has 2 aromatic rings. The molecule has 1 atom stereocenters. The summed E-state index contributed by atoms with van der Waals surface area (Å²) in [6.45, 7) is 2.97. The van der Waals surface area contributed by atoms with Crippen LogP contribution in [-0.2, 0) is 9.53 Å². The van der Waals surface area contributed by atoms with Crippen molar-refractivity contribution in [1.82, 2.24) is 5.32 Å². The van der Waals surface area contributed by atoms with Crippen molar-refractivity contribution < 1.29 is 24.5 Å². The van der Waals surface area contributed by atoms with Gasteiger partial charge in [-0.05, 0) is 36.1 Å². The van der Waals surface area contributed by atoms with E-state index >= 15 is 0 Å². The maximum Gasteiger partial charge on any atom is 0.407 e. The van der Waals surface area contributed by atoms with Crippen LogP contribution in [-0.4, -0.2) is 40.5 Å². The summed E-state index contributed by atoms with van der Waals surface area (Å²) in [5, 5.41) is 21.0. The summed E-state index contributed by atoms with van der Waals surface area (Å²) in [6, 6.07) is 16.0. The molecule has 3 N–H and O–H groups in total. The van der Waals surface area contributed by atoms with E-state index in [4.69, 9.17) is 9.84 Å². The van der Waals surface area contributed by atoms with Crippen LogP contribution in [0.4, 0.5) is 4.79 Å². The van der Waals surface area contributed by atoms with Gasteiger partial charge in [0.15, 0.2) is 6.10 Å². The van der Waals surface area contributed by atoms with Crippen LogP contribution < -0.4 is 5.32 Å². The number of hydrogen-bond acceptors (Lipinski definition) is 4. The van der Waals surface area contributed by atoms with Crippen molar-refractivity contribution in [3.05, 3.63) is 59.7 Å². The number of benzene rings is 2. The van der Waals surface area contributed by atoms with E-state index in [0.717, 1.165) is 22.3 Å². The summed E-state index contributed by atoms with van der Waals surface area (Å²) in [5.74, 6) is -1.49. The molecule has 0 spiro atoms. The minimum absolute atomic E-state index is 0.0827. The normalized spacial score (nSPS) is 14.3. The lowest BCUT2D eigenvalue weighted by molar-refractivity contribution is -0.150. The molecule has 6 nitrogen and oxygen atoms in total. The molecule has 1 aliphatic carbocycles. The first-order valence-electron chi connectivity index (χ1n) is 8.35. The van der Waals surface area contributed by atoms with Gasteiger partial charge in [0.1, 0.15) is 6.61 Å². The van der Waals surface area contributed by atoms with Crippen LogP contribution in [0.3, 0.4) is 0 Å². The zero-order chi connectivity index (χ0) is 18.9. The van der Waals surface area contributed by atoms with Crippen LogP contribution in [0.1, 0.15) is 30.9 Å². The van der Waals surface area contributed by atoms with Crippen molar-refractivity contribution in [3.8, 4) is 11.1 Å². The number of fused-ring (bicyclic) bond motifs is 3. The quantitative estimate of drug-likeness (QED) is 0.766. The van der Waals surface area contributed by atoms with E-state index in [2.05, 4.69) is 5.32 Å². The molecule has 0 saturated heterocycles. The molecule has 136 valence electrons. The zero-order valence-electron chi connectivity index (χ0n) is 14.6. The van der Waals surface area contributed by atoms with Gasteiger partial charge in [-0.2, -0.15) is 0 Å². The van der Waals surface area contributed by atoms with Gasteiger partial charge in [-0.15, -0.1) is 0 Å². The van der Waals surface area contributed by atoms with E-state index < -0.39 is 23.7 Å². The second-order valence-corrected chi connectivity index (χ2v) is 6.91. The Hall–Kier alpha value is -2.86. The van der Waals surface area contributed by atoms with Crippen molar-refractivity contribution in [2.45, 2.75) is 31.4 Å². The first kappa shape index (κ1) is 17.9. The highest BCUT2D eigenvalue weighted by molar-refractivity contribution is 5.79. The summed E-state index contributed by atoms with van der Waals surface area (Å²) in [6.07, 6.45) is -2.50. The number of carbonyl (C=O) groups excluding carboxylic acids is 1. The average Bonchev–Trinajstić information content (AvgIpc) is 2.93. The molecule has 1 amide bonds. The van der Waals surface area contributed by atoms with Crippen molar-refractivity contribution in [2.24, 2.45) is 0 Å². The number of carboxylic acids is 1. The third-order valence-corrected chi connectivity index (χ3v) is 4.69. The smallest absolute Gasteiger partial charge is 0.407 e. The third-order valence-electron chi connectivity index (χ3n) is 4.69. The number of hydrogen-bond donors (Lipinski definition) is 3. The van der Waals surface area contributed by atoms with E-state index in [1.807, 2.05) is 48.5 Å². The Morgan fingerprint density at radius 3 is 2.08 bits per heavy atom. The van der Waals surface area contributed by atoms with Crippen LogP contribution in [0.25, 0.3) is 11.1 Å². The molecule has 0 fully saturated rings. The number of nitrogens with one attached hydrogen (secondary N) is 1. The summed E-state index contributed by atoms with van der Waals surface area (Å²) < 4.78 is 5.35. The van der Waals surface area contributed by atoms with Crippen LogP contribution in [0.5, 0.6) is 0 Å². The summed E-state index contributed by atoms with van der Waals surface area (Å²) >= 11 is 0. The number of rotatable bonds is 5. The lowest BCUT2D eigenvalue weighted by Crippen LogP contribution is -2.55.